The highest BCUT2D eigenvalue weighted by Gasteiger charge is 2.19. The van der Waals surface area contributed by atoms with E-state index < -0.39 is 0 Å². The monoisotopic (exact) mass is 630 g/mol. The minimum absolute atomic E-state index is 0.714. The van der Waals surface area contributed by atoms with Crippen LogP contribution in [0.3, 0.4) is 0 Å². The average Bonchev–Trinajstić information content (AvgIpc) is 3.07. The molecule has 0 aromatic heterocycles. The van der Waals surface area contributed by atoms with Crippen LogP contribution in [-0.2, 0) is 0 Å². The van der Waals surface area contributed by atoms with Gasteiger partial charge in [0.2, 0.25) is 0 Å². The summed E-state index contributed by atoms with van der Waals surface area (Å²) in [5.41, 5.74) is 6.36. The van der Waals surface area contributed by atoms with Crippen molar-refractivity contribution in [2.24, 2.45) is 0 Å². The molecule has 0 aliphatic heterocycles. The zero-order valence-electron chi connectivity index (χ0n) is 30.8. The fourth-order valence-electron chi connectivity index (χ4n) is 5.67. The molecular formula is C40H62N4O2. The summed E-state index contributed by atoms with van der Waals surface area (Å²) in [6, 6.07) is 8.80. The van der Waals surface area contributed by atoms with E-state index in [0.717, 1.165) is 123 Å². The van der Waals surface area contributed by atoms with Crippen LogP contribution in [0, 0.1) is 23.7 Å². The van der Waals surface area contributed by atoms with Crippen LogP contribution in [0.2, 0.25) is 0 Å². The van der Waals surface area contributed by atoms with Crippen molar-refractivity contribution < 1.29 is 9.47 Å². The van der Waals surface area contributed by atoms with Crippen molar-refractivity contribution in [1.82, 2.24) is 0 Å². The Morgan fingerprint density at radius 2 is 0.739 bits per heavy atom. The maximum Gasteiger partial charge on any atom is 0.144 e. The first-order valence-corrected chi connectivity index (χ1v) is 18.0. The summed E-state index contributed by atoms with van der Waals surface area (Å²) in [4.78, 5) is 9.39. The van der Waals surface area contributed by atoms with Gasteiger partial charge >= 0.3 is 0 Å². The summed E-state index contributed by atoms with van der Waals surface area (Å²) in [5, 5.41) is 0. The summed E-state index contributed by atoms with van der Waals surface area (Å²) in [7, 11) is 0. The molecule has 0 N–H and O–H groups in total. The molecule has 254 valence electrons. The van der Waals surface area contributed by atoms with Crippen molar-refractivity contribution in [2.75, 3.05) is 85.2 Å². The summed E-state index contributed by atoms with van der Waals surface area (Å²) < 4.78 is 12.7. The van der Waals surface area contributed by atoms with Crippen LogP contribution in [0.4, 0.5) is 22.7 Å². The molecule has 0 saturated heterocycles. The number of rotatable bonds is 20. The Morgan fingerprint density at radius 1 is 0.435 bits per heavy atom. The van der Waals surface area contributed by atoms with Gasteiger partial charge in [-0.15, -0.1) is 0 Å². The smallest absolute Gasteiger partial charge is 0.144 e. The van der Waals surface area contributed by atoms with Crippen LogP contribution in [-0.4, -0.2) is 65.6 Å². The number of ether oxygens (including phenoxy) is 2. The molecule has 0 spiro atoms. The minimum atomic E-state index is 0.714. The Bertz CT molecular complexity index is 1200. The lowest BCUT2D eigenvalue weighted by Gasteiger charge is -2.28. The zero-order valence-corrected chi connectivity index (χ0v) is 30.8. The van der Waals surface area contributed by atoms with Gasteiger partial charge in [0.05, 0.1) is 47.1 Å². The van der Waals surface area contributed by atoms with Gasteiger partial charge in [-0.3, -0.25) is 0 Å². The molecular weight excluding hydrogens is 568 g/mol. The standard InChI is InChI=1S/C40H62N4O2/c1-11-21-27-45-39-31-35(41(13-3)14-4)33(29-37(39)43(17-7)18-8)25-23-24-26-34-30-38(44(19-9)20-10)40(46-28-22-12-2)32-36(34)42(15-5)16-6/h29-32H,11-22,27-28H2,1-10H3. The van der Waals surface area contributed by atoms with Crippen LogP contribution in [0.1, 0.15) is 106 Å². The second-order valence-corrected chi connectivity index (χ2v) is 11.3. The van der Waals surface area contributed by atoms with E-state index in [1.165, 1.54) is 0 Å². The molecule has 2 aromatic carbocycles. The Kier molecular flexibility index (Phi) is 17.8. The predicted octanol–water partition coefficient (Wildman–Crippen LogP) is 8.83. The summed E-state index contributed by atoms with van der Waals surface area (Å²) in [5.74, 6) is 15.3. The highest BCUT2D eigenvalue weighted by molar-refractivity contribution is 5.75. The van der Waals surface area contributed by atoms with Crippen molar-refractivity contribution in [3.63, 3.8) is 0 Å². The predicted molar refractivity (Wildman–Crippen MR) is 202 cm³/mol. The first kappa shape index (κ1) is 38.5. The summed E-state index contributed by atoms with van der Waals surface area (Å²) in [6.07, 6.45) is 4.28. The van der Waals surface area contributed by atoms with Gasteiger partial charge in [-0.2, -0.15) is 0 Å². The molecule has 6 nitrogen and oxygen atoms in total. The third-order valence-corrected chi connectivity index (χ3v) is 8.54. The van der Waals surface area contributed by atoms with E-state index >= 15 is 0 Å². The van der Waals surface area contributed by atoms with Gasteiger partial charge in [0, 0.05) is 64.5 Å². The molecule has 0 atom stereocenters. The molecule has 6 heteroatoms. The number of hydrogen-bond donors (Lipinski definition) is 0. The fraction of sp³-hybridized carbons (Fsp3) is 0.600. The van der Waals surface area contributed by atoms with E-state index in [2.05, 4.69) is 137 Å². The van der Waals surface area contributed by atoms with Crippen molar-refractivity contribution in [3.05, 3.63) is 35.4 Å². The van der Waals surface area contributed by atoms with Gasteiger partial charge in [-0.05, 0) is 92.2 Å². The van der Waals surface area contributed by atoms with Gasteiger partial charge in [-0.25, -0.2) is 0 Å². The molecule has 0 bridgehead atoms. The Balaban J connectivity index is 2.73. The molecule has 0 fully saturated rings. The molecule has 2 rings (SSSR count). The Labute approximate surface area is 282 Å². The van der Waals surface area contributed by atoms with E-state index in [9.17, 15) is 0 Å². The van der Waals surface area contributed by atoms with Gasteiger partial charge in [-0.1, -0.05) is 38.5 Å². The van der Waals surface area contributed by atoms with Crippen LogP contribution < -0.4 is 29.1 Å². The number of hydrogen-bond acceptors (Lipinski definition) is 6. The van der Waals surface area contributed by atoms with Crippen molar-refractivity contribution in [3.8, 4) is 35.2 Å². The lowest BCUT2D eigenvalue weighted by atomic mass is 10.1. The molecule has 0 saturated carbocycles. The van der Waals surface area contributed by atoms with E-state index in [4.69, 9.17) is 9.47 Å². The van der Waals surface area contributed by atoms with Gasteiger partial charge < -0.3 is 29.1 Å². The molecule has 46 heavy (non-hydrogen) atoms. The van der Waals surface area contributed by atoms with Gasteiger partial charge in [0.15, 0.2) is 0 Å². The molecule has 0 unspecified atom stereocenters. The number of benzene rings is 2. The van der Waals surface area contributed by atoms with Crippen LogP contribution in [0.15, 0.2) is 24.3 Å². The molecule has 0 heterocycles. The van der Waals surface area contributed by atoms with Gasteiger partial charge in [0.25, 0.3) is 0 Å². The maximum absolute atomic E-state index is 6.36. The lowest BCUT2D eigenvalue weighted by Crippen LogP contribution is -2.25. The molecule has 0 radical (unpaired) electrons. The first-order valence-electron chi connectivity index (χ1n) is 18.0. The third kappa shape index (κ3) is 10.4. The number of unbranched alkanes of at least 4 members (excludes halogenated alkanes) is 2. The zero-order chi connectivity index (χ0) is 33.9. The van der Waals surface area contributed by atoms with Crippen molar-refractivity contribution >= 4 is 22.7 Å². The number of anilines is 4. The van der Waals surface area contributed by atoms with E-state index in [0.29, 0.717) is 13.2 Å². The topological polar surface area (TPSA) is 31.4 Å². The minimum Gasteiger partial charge on any atom is -0.491 e. The average molecular weight is 631 g/mol. The van der Waals surface area contributed by atoms with E-state index in [1.807, 2.05) is 0 Å². The number of nitrogens with zero attached hydrogens (tertiary/aromatic N) is 4. The fourth-order valence-corrected chi connectivity index (χ4v) is 5.67. The first-order chi connectivity index (χ1) is 22.4. The highest BCUT2D eigenvalue weighted by Crippen LogP contribution is 2.37. The normalized spacial score (nSPS) is 10.4. The Hall–Kier alpha value is -3.64. The third-order valence-electron chi connectivity index (χ3n) is 8.54. The molecule has 0 amide bonds. The molecule has 0 aliphatic carbocycles. The van der Waals surface area contributed by atoms with Crippen molar-refractivity contribution in [2.45, 2.75) is 94.9 Å². The second-order valence-electron chi connectivity index (χ2n) is 11.3. The largest absolute Gasteiger partial charge is 0.491 e. The Morgan fingerprint density at radius 3 is 1.02 bits per heavy atom. The van der Waals surface area contributed by atoms with Crippen LogP contribution in [0.25, 0.3) is 0 Å². The van der Waals surface area contributed by atoms with E-state index in [1.54, 1.807) is 0 Å². The molecule has 2 aromatic rings. The SMILES string of the molecule is CCCCOc1cc(N(CC)CC)c(C#CC#Cc2cc(N(CC)CC)c(OCCCC)cc2N(CC)CC)cc1N(CC)CC. The summed E-state index contributed by atoms with van der Waals surface area (Å²) in [6.45, 7) is 30.5. The van der Waals surface area contributed by atoms with Crippen LogP contribution in [0.5, 0.6) is 11.5 Å². The lowest BCUT2D eigenvalue weighted by molar-refractivity contribution is 0.309. The van der Waals surface area contributed by atoms with E-state index in [-0.39, 0.29) is 0 Å². The van der Waals surface area contributed by atoms with Crippen LogP contribution >= 0.6 is 0 Å². The van der Waals surface area contributed by atoms with Crippen molar-refractivity contribution in [1.29, 1.82) is 0 Å². The quantitative estimate of drug-likeness (QED) is 0.107. The highest BCUT2D eigenvalue weighted by atomic mass is 16.5. The maximum atomic E-state index is 6.36. The second kappa shape index (κ2) is 21.2. The van der Waals surface area contributed by atoms with Gasteiger partial charge in [0.1, 0.15) is 11.5 Å². The molecule has 0 aliphatic rings. The summed E-state index contributed by atoms with van der Waals surface area (Å²) >= 11 is 0.